The van der Waals surface area contributed by atoms with E-state index >= 15 is 0 Å². The van der Waals surface area contributed by atoms with Gasteiger partial charge in [-0.1, -0.05) is 26.0 Å². The van der Waals surface area contributed by atoms with Gasteiger partial charge in [-0.25, -0.2) is 0 Å². The van der Waals surface area contributed by atoms with Crippen molar-refractivity contribution in [1.29, 1.82) is 0 Å². The van der Waals surface area contributed by atoms with Crippen molar-refractivity contribution in [3.05, 3.63) is 23.8 Å². The summed E-state index contributed by atoms with van der Waals surface area (Å²) in [7, 11) is 0. The fourth-order valence-electron chi connectivity index (χ4n) is 1.49. The normalized spacial score (nSPS) is 12.4. The third kappa shape index (κ3) is 3.14. The number of aromatic hydroxyl groups is 1. The van der Waals surface area contributed by atoms with Crippen molar-refractivity contribution >= 4 is 0 Å². The highest BCUT2D eigenvalue weighted by molar-refractivity contribution is 5.47. The Morgan fingerprint density at radius 2 is 2.06 bits per heavy atom. The molecule has 3 nitrogen and oxygen atoms in total. The molecule has 1 rings (SSSR count). The molecule has 0 amide bonds. The predicted octanol–water partition coefficient (Wildman–Crippen LogP) is 3.28. The molecule has 16 heavy (non-hydrogen) atoms. The first kappa shape index (κ1) is 12.8. The average Bonchev–Trinajstić information content (AvgIpc) is 2.30. The van der Waals surface area contributed by atoms with Crippen LogP contribution >= 0.6 is 0 Å². The molecule has 0 saturated heterocycles. The van der Waals surface area contributed by atoms with Crippen molar-refractivity contribution in [3.8, 4) is 11.5 Å². The van der Waals surface area contributed by atoms with Crippen LogP contribution in [0, 0.1) is 0 Å². The van der Waals surface area contributed by atoms with Crippen LogP contribution in [0.4, 0.5) is 0 Å². The molecule has 0 spiro atoms. The lowest BCUT2D eigenvalue weighted by atomic mass is 9.97. The van der Waals surface area contributed by atoms with Crippen molar-refractivity contribution in [3.63, 3.8) is 0 Å². The van der Waals surface area contributed by atoms with Crippen LogP contribution in [0.5, 0.6) is 11.5 Å². The Balaban J connectivity index is 2.85. The van der Waals surface area contributed by atoms with E-state index in [-0.39, 0.29) is 12.5 Å². The summed E-state index contributed by atoms with van der Waals surface area (Å²) in [6, 6.07) is 5.45. The summed E-state index contributed by atoms with van der Waals surface area (Å²) in [5.41, 5.74) is 1.03. The summed E-state index contributed by atoms with van der Waals surface area (Å²) in [5.74, 6) is 1.09. The number of ether oxygens (including phenoxy) is 2. The number of phenolic OH excluding ortho intramolecular Hbond substituents is 1. The van der Waals surface area contributed by atoms with Crippen LogP contribution in [0.3, 0.4) is 0 Å². The van der Waals surface area contributed by atoms with E-state index in [0.29, 0.717) is 18.3 Å². The average molecular weight is 224 g/mol. The van der Waals surface area contributed by atoms with Crippen LogP contribution < -0.4 is 4.74 Å². The van der Waals surface area contributed by atoms with E-state index in [9.17, 15) is 5.11 Å². The molecule has 0 heterocycles. The molecule has 0 aliphatic rings. The molecule has 0 saturated carbocycles. The molecule has 1 N–H and O–H groups in total. The van der Waals surface area contributed by atoms with E-state index in [0.717, 1.165) is 12.0 Å². The number of benzene rings is 1. The molecule has 1 aromatic rings. The molecular formula is C13H20O3. The van der Waals surface area contributed by atoms with E-state index in [1.807, 2.05) is 19.1 Å². The van der Waals surface area contributed by atoms with E-state index in [4.69, 9.17) is 9.47 Å². The Morgan fingerprint density at radius 3 is 2.69 bits per heavy atom. The van der Waals surface area contributed by atoms with Gasteiger partial charge < -0.3 is 14.6 Å². The molecule has 1 aromatic carbocycles. The quantitative estimate of drug-likeness (QED) is 0.595. The van der Waals surface area contributed by atoms with Gasteiger partial charge in [0.05, 0.1) is 0 Å². The zero-order valence-corrected chi connectivity index (χ0v) is 10.2. The fourth-order valence-corrected chi connectivity index (χ4v) is 1.49. The summed E-state index contributed by atoms with van der Waals surface area (Å²) >= 11 is 0. The number of hydrogen-bond acceptors (Lipinski definition) is 3. The lowest BCUT2D eigenvalue weighted by Gasteiger charge is -2.16. The van der Waals surface area contributed by atoms with Crippen LogP contribution in [0.25, 0.3) is 0 Å². The zero-order chi connectivity index (χ0) is 12.0. The second kappa shape index (κ2) is 6.38. The Labute approximate surface area is 97.0 Å². The summed E-state index contributed by atoms with van der Waals surface area (Å²) in [6.45, 7) is 6.91. The zero-order valence-electron chi connectivity index (χ0n) is 10.2. The summed E-state index contributed by atoms with van der Waals surface area (Å²) in [4.78, 5) is 0. The topological polar surface area (TPSA) is 38.7 Å². The van der Waals surface area contributed by atoms with Crippen molar-refractivity contribution in [2.45, 2.75) is 33.1 Å². The Bertz CT molecular complexity index is 323. The second-order valence-corrected chi connectivity index (χ2v) is 3.76. The monoisotopic (exact) mass is 224 g/mol. The van der Waals surface area contributed by atoms with Crippen molar-refractivity contribution in [1.82, 2.24) is 0 Å². The summed E-state index contributed by atoms with van der Waals surface area (Å²) < 4.78 is 10.6. The van der Waals surface area contributed by atoms with Crippen LogP contribution in [-0.4, -0.2) is 18.5 Å². The van der Waals surface area contributed by atoms with Gasteiger partial charge in [-0.15, -0.1) is 0 Å². The highest BCUT2D eigenvalue weighted by Crippen LogP contribution is 2.35. The number of para-hydroxylation sites is 1. The van der Waals surface area contributed by atoms with Gasteiger partial charge in [-0.3, -0.25) is 0 Å². The maximum Gasteiger partial charge on any atom is 0.189 e. The molecule has 1 atom stereocenters. The number of rotatable bonds is 6. The summed E-state index contributed by atoms with van der Waals surface area (Å²) in [6.07, 6.45) is 1.01. The van der Waals surface area contributed by atoms with Crippen LogP contribution in [0.15, 0.2) is 18.2 Å². The fraction of sp³-hybridized carbons (Fsp3) is 0.538. The third-order valence-electron chi connectivity index (χ3n) is 2.66. The highest BCUT2D eigenvalue weighted by atomic mass is 16.7. The van der Waals surface area contributed by atoms with E-state index in [2.05, 4.69) is 13.8 Å². The molecule has 0 aliphatic carbocycles. The summed E-state index contributed by atoms with van der Waals surface area (Å²) in [5, 5.41) is 9.75. The second-order valence-electron chi connectivity index (χ2n) is 3.76. The lowest BCUT2D eigenvalue weighted by molar-refractivity contribution is 0.0201. The van der Waals surface area contributed by atoms with Crippen molar-refractivity contribution in [2.24, 2.45) is 0 Å². The Morgan fingerprint density at radius 1 is 1.31 bits per heavy atom. The SMILES string of the molecule is CCOCOc1c(O)cccc1C(C)CC. The van der Waals surface area contributed by atoms with Gasteiger partial charge in [-0.2, -0.15) is 0 Å². The maximum absolute atomic E-state index is 9.75. The molecule has 0 aromatic heterocycles. The lowest BCUT2D eigenvalue weighted by Crippen LogP contribution is -2.05. The van der Waals surface area contributed by atoms with Gasteiger partial charge in [0.25, 0.3) is 0 Å². The minimum Gasteiger partial charge on any atom is -0.504 e. The first-order valence-electron chi connectivity index (χ1n) is 5.73. The maximum atomic E-state index is 9.75. The van der Waals surface area contributed by atoms with Gasteiger partial charge in [0.15, 0.2) is 18.3 Å². The van der Waals surface area contributed by atoms with Crippen LogP contribution in [0.2, 0.25) is 0 Å². The molecule has 0 radical (unpaired) electrons. The predicted molar refractivity (Wildman–Crippen MR) is 63.9 cm³/mol. The van der Waals surface area contributed by atoms with Crippen molar-refractivity contribution < 1.29 is 14.6 Å². The standard InChI is InChI=1S/C13H20O3/c1-4-10(3)11-7-6-8-12(14)13(11)16-9-15-5-2/h6-8,10,14H,4-5,9H2,1-3H3. The third-order valence-corrected chi connectivity index (χ3v) is 2.66. The molecule has 90 valence electrons. The van der Waals surface area contributed by atoms with Gasteiger partial charge in [-0.05, 0) is 25.3 Å². The minimum atomic E-state index is 0.178. The van der Waals surface area contributed by atoms with E-state index in [1.54, 1.807) is 6.07 Å². The molecule has 0 bridgehead atoms. The number of phenols is 1. The van der Waals surface area contributed by atoms with E-state index < -0.39 is 0 Å². The molecule has 1 unspecified atom stereocenters. The molecule has 0 fully saturated rings. The van der Waals surface area contributed by atoms with Gasteiger partial charge in [0.2, 0.25) is 0 Å². The smallest absolute Gasteiger partial charge is 0.189 e. The highest BCUT2D eigenvalue weighted by Gasteiger charge is 2.13. The van der Waals surface area contributed by atoms with Crippen LogP contribution in [-0.2, 0) is 4.74 Å². The van der Waals surface area contributed by atoms with Gasteiger partial charge >= 0.3 is 0 Å². The largest absolute Gasteiger partial charge is 0.504 e. The first-order chi connectivity index (χ1) is 7.70. The molecular weight excluding hydrogens is 204 g/mol. The Kier molecular flexibility index (Phi) is 5.12. The molecule has 0 aliphatic heterocycles. The number of hydrogen-bond donors (Lipinski definition) is 1. The first-order valence-corrected chi connectivity index (χ1v) is 5.73. The van der Waals surface area contributed by atoms with Gasteiger partial charge in [0, 0.05) is 12.2 Å². The Hall–Kier alpha value is -1.22. The van der Waals surface area contributed by atoms with Crippen molar-refractivity contribution in [2.75, 3.05) is 13.4 Å². The molecule has 3 heteroatoms. The van der Waals surface area contributed by atoms with E-state index in [1.165, 1.54) is 0 Å². The van der Waals surface area contributed by atoms with Crippen LogP contribution in [0.1, 0.15) is 38.7 Å². The van der Waals surface area contributed by atoms with Gasteiger partial charge in [0.1, 0.15) is 0 Å². The minimum absolute atomic E-state index is 0.178.